The molecule has 2 N–H and O–H groups in total. The molecule has 2 amide bonds. The van der Waals surface area contributed by atoms with Gasteiger partial charge in [-0.15, -0.1) is 0 Å². The summed E-state index contributed by atoms with van der Waals surface area (Å²) in [6.45, 7) is 5.33. The monoisotopic (exact) mass is 420 g/mol. The zero-order valence-corrected chi connectivity index (χ0v) is 17.6. The van der Waals surface area contributed by atoms with E-state index in [1.807, 2.05) is 36.9 Å². The Morgan fingerprint density at radius 1 is 1.06 bits per heavy atom. The number of hydrogen-bond donors (Lipinski definition) is 2. The van der Waals surface area contributed by atoms with Crippen molar-refractivity contribution in [3.63, 3.8) is 0 Å². The van der Waals surface area contributed by atoms with E-state index < -0.39 is 11.7 Å². The van der Waals surface area contributed by atoms with Gasteiger partial charge in [-0.1, -0.05) is 18.2 Å². The summed E-state index contributed by atoms with van der Waals surface area (Å²) in [5.41, 5.74) is 4.19. The van der Waals surface area contributed by atoms with Gasteiger partial charge >= 0.3 is 0 Å². The van der Waals surface area contributed by atoms with Crippen LogP contribution in [0.2, 0.25) is 0 Å². The molecule has 1 aliphatic rings. The van der Waals surface area contributed by atoms with Crippen molar-refractivity contribution in [2.75, 3.05) is 18.4 Å². The summed E-state index contributed by atoms with van der Waals surface area (Å²) in [5, 5.41) is 9.58. The van der Waals surface area contributed by atoms with Crippen LogP contribution in [0.4, 0.5) is 10.1 Å². The number of halogens is 1. The number of benzene rings is 2. The number of nitrogens with one attached hydrogen (secondary N) is 2. The predicted octanol–water partition coefficient (Wildman–Crippen LogP) is 4.44. The number of aryl methyl sites for hydroxylation is 2. The molecule has 1 fully saturated rings. The summed E-state index contributed by atoms with van der Waals surface area (Å²) in [7, 11) is 0. The number of hydrogen-bond acceptors (Lipinski definition) is 3. The molecule has 4 rings (SSSR count). The van der Waals surface area contributed by atoms with Crippen LogP contribution < -0.4 is 5.32 Å². The lowest BCUT2D eigenvalue weighted by atomic mass is 9.93. The van der Waals surface area contributed by atoms with Crippen LogP contribution in [-0.4, -0.2) is 40.0 Å². The molecule has 2 heterocycles. The number of aromatic amines is 1. The summed E-state index contributed by atoms with van der Waals surface area (Å²) in [6, 6.07) is 13.5. The normalized spacial score (nSPS) is 14.5. The van der Waals surface area contributed by atoms with Gasteiger partial charge < -0.3 is 10.2 Å². The Kier molecular flexibility index (Phi) is 5.84. The number of carbonyl (C=O) groups excluding carboxylic acids is 2. The number of H-pyrrole nitrogens is 1. The molecule has 0 bridgehead atoms. The molecule has 7 heteroatoms. The van der Waals surface area contributed by atoms with Gasteiger partial charge in [0.05, 0.1) is 5.69 Å². The van der Waals surface area contributed by atoms with Crippen molar-refractivity contribution < 1.29 is 14.0 Å². The predicted molar refractivity (Wildman–Crippen MR) is 117 cm³/mol. The second-order valence-corrected chi connectivity index (χ2v) is 8.01. The van der Waals surface area contributed by atoms with Gasteiger partial charge in [0, 0.05) is 30.3 Å². The van der Waals surface area contributed by atoms with Crippen molar-refractivity contribution in [1.29, 1.82) is 0 Å². The van der Waals surface area contributed by atoms with E-state index in [9.17, 15) is 14.0 Å². The third-order valence-corrected chi connectivity index (χ3v) is 5.93. The van der Waals surface area contributed by atoms with Crippen molar-refractivity contribution >= 4 is 17.5 Å². The maximum absolute atomic E-state index is 13.8. The lowest BCUT2D eigenvalue weighted by Crippen LogP contribution is -2.38. The van der Waals surface area contributed by atoms with Gasteiger partial charge in [-0.25, -0.2) is 4.39 Å². The molecule has 31 heavy (non-hydrogen) atoms. The van der Waals surface area contributed by atoms with Crippen LogP contribution in [0, 0.1) is 19.7 Å². The number of amides is 2. The standard InChI is InChI=1S/C24H25FN4O2/c1-15-7-8-18(13-16(15)2)24(31)29-11-9-17(10-12-29)21-14-22(28-27-21)23(30)26-20-6-4-3-5-19(20)25/h3-8,13-14,17H,9-12H2,1-2H3,(H,26,30)(H,27,28). The van der Waals surface area contributed by atoms with Gasteiger partial charge in [-0.05, 0) is 68.1 Å². The number of nitrogens with zero attached hydrogens (tertiary/aromatic N) is 2. The number of likely N-dealkylation sites (tertiary alicyclic amines) is 1. The summed E-state index contributed by atoms with van der Waals surface area (Å²) in [4.78, 5) is 27.1. The highest BCUT2D eigenvalue weighted by molar-refractivity contribution is 6.03. The molecule has 0 spiro atoms. The minimum Gasteiger partial charge on any atom is -0.339 e. The molecule has 1 aromatic heterocycles. The molecule has 0 atom stereocenters. The average molecular weight is 420 g/mol. The highest BCUT2D eigenvalue weighted by Crippen LogP contribution is 2.28. The number of para-hydroxylation sites is 1. The number of piperidine rings is 1. The molecule has 6 nitrogen and oxygen atoms in total. The van der Waals surface area contributed by atoms with Crippen molar-refractivity contribution in [2.45, 2.75) is 32.6 Å². The number of anilines is 1. The summed E-state index contributed by atoms with van der Waals surface area (Å²) < 4.78 is 13.8. The van der Waals surface area contributed by atoms with E-state index in [0.29, 0.717) is 13.1 Å². The van der Waals surface area contributed by atoms with Crippen molar-refractivity contribution in [1.82, 2.24) is 15.1 Å². The summed E-state index contributed by atoms with van der Waals surface area (Å²) >= 11 is 0. The Labute approximate surface area is 180 Å². The Hall–Kier alpha value is -3.48. The first-order valence-corrected chi connectivity index (χ1v) is 10.4. The first kappa shape index (κ1) is 20.8. The molecule has 3 aromatic rings. The molecule has 1 aliphatic heterocycles. The van der Waals surface area contributed by atoms with Crippen LogP contribution in [0.25, 0.3) is 0 Å². The Balaban J connectivity index is 1.36. The first-order valence-electron chi connectivity index (χ1n) is 10.4. The van der Waals surface area contributed by atoms with Crippen molar-refractivity contribution in [3.8, 4) is 0 Å². The third kappa shape index (κ3) is 4.50. The number of aromatic nitrogens is 2. The first-order chi connectivity index (χ1) is 14.9. The van der Waals surface area contributed by atoms with Crippen molar-refractivity contribution in [3.05, 3.63) is 82.4 Å². The van der Waals surface area contributed by atoms with Crippen LogP contribution in [0.3, 0.4) is 0 Å². The fourth-order valence-corrected chi connectivity index (χ4v) is 3.86. The van der Waals surface area contributed by atoms with E-state index in [1.165, 1.54) is 17.7 Å². The fraction of sp³-hybridized carbons (Fsp3) is 0.292. The van der Waals surface area contributed by atoms with Crippen LogP contribution in [0.1, 0.15) is 56.4 Å². The van der Waals surface area contributed by atoms with Crippen LogP contribution in [0.15, 0.2) is 48.5 Å². The van der Waals surface area contributed by atoms with E-state index in [2.05, 4.69) is 15.5 Å². The molecular formula is C24H25FN4O2. The quantitative estimate of drug-likeness (QED) is 0.655. The highest BCUT2D eigenvalue weighted by Gasteiger charge is 2.26. The zero-order valence-electron chi connectivity index (χ0n) is 17.6. The molecule has 2 aromatic carbocycles. The van der Waals surface area contributed by atoms with Crippen LogP contribution in [0.5, 0.6) is 0 Å². The third-order valence-electron chi connectivity index (χ3n) is 5.93. The molecule has 0 saturated carbocycles. The van der Waals surface area contributed by atoms with E-state index >= 15 is 0 Å². The smallest absolute Gasteiger partial charge is 0.276 e. The molecule has 0 unspecified atom stereocenters. The highest BCUT2D eigenvalue weighted by atomic mass is 19.1. The minimum atomic E-state index is -0.493. The lowest BCUT2D eigenvalue weighted by molar-refractivity contribution is 0.0712. The fourth-order valence-electron chi connectivity index (χ4n) is 3.86. The van der Waals surface area contributed by atoms with E-state index in [1.54, 1.807) is 18.2 Å². The number of carbonyl (C=O) groups is 2. The van der Waals surface area contributed by atoms with Gasteiger partial charge in [0.25, 0.3) is 11.8 Å². The summed E-state index contributed by atoms with van der Waals surface area (Å²) in [5.74, 6) is -0.718. The van der Waals surface area contributed by atoms with E-state index in [4.69, 9.17) is 0 Å². The van der Waals surface area contributed by atoms with Crippen LogP contribution in [-0.2, 0) is 0 Å². The SMILES string of the molecule is Cc1ccc(C(=O)N2CCC(c3cc(C(=O)Nc4ccccc4F)n[nH]3)CC2)cc1C. The Morgan fingerprint density at radius 3 is 2.52 bits per heavy atom. The maximum Gasteiger partial charge on any atom is 0.276 e. The molecule has 1 saturated heterocycles. The second kappa shape index (κ2) is 8.71. The largest absolute Gasteiger partial charge is 0.339 e. The molecule has 0 aliphatic carbocycles. The molecule has 160 valence electrons. The topological polar surface area (TPSA) is 78.1 Å². The van der Waals surface area contributed by atoms with E-state index in [0.717, 1.165) is 29.7 Å². The molecular weight excluding hydrogens is 395 g/mol. The average Bonchev–Trinajstić information content (AvgIpc) is 3.27. The van der Waals surface area contributed by atoms with Gasteiger partial charge in [-0.3, -0.25) is 14.7 Å². The summed E-state index contributed by atoms with van der Waals surface area (Å²) in [6.07, 6.45) is 1.57. The molecule has 0 radical (unpaired) electrons. The van der Waals surface area contributed by atoms with Gasteiger partial charge in [0.1, 0.15) is 5.82 Å². The van der Waals surface area contributed by atoms with Gasteiger partial charge in [0.15, 0.2) is 5.69 Å². The van der Waals surface area contributed by atoms with Crippen molar-refractivity contribution in [2.24, 2.45) is 0 Å². The van der Waals surface area contributed by atoms with Gasteiger partial charge in [0.2, 0.25) is 0 Å². The number of rotatable bonds is 4. The van der Waals surface area contributed by atoms with Crippen LogP contribution >= 0.6 is 0 Å². The Bertz CT molecular complexity index is 1120. The zero-order chi connectivity index (χ0) is 22.0. The second-order valence-electron chi connectivity index (χ2n) is 8.01. The minimum absolute atomic E-state index is 0.0520. The lowest BCUT2D eigenvalue weighted by Gasteiger charge is -2.31. The van der Waals surface area contributed by atoms with E-state index in [-0.39, 0.29) is 23.2 Å². The maximum atomic E-state index is 13.8. The Morgan fingerprint density at radius 2 is 1.81 bits per heavy atom. The van der Waals surface area contributed by atoms with Gasteiger partial charge in [-0.2, -0.15) is 5.10 Å².